The van der Waals surface area contributed by atoms with Crippen LogP contribution in [0.2, 0.25) is 0 Å². The maximum atomic E-state index is 13.4. The summed E-state index contributed by atoms with van der Waals surface area (Å²) in [5.74, 6) is -4.94. The van der Waals surface area contributed by atoms with Gasteiger partial charge in [-0.25, -0.2) is 19.2 Å². The average Bonchev–Trinajstić information content (AvgIpc) is 0.818. The van der Waals surface area contributed by atoms with Gasteiger partial charge in [0.2, 0.25) is 23.1 Å². The number of aryl methyl sites for hydroxylation is 4. The number of hydrogen-bond donors (Lipinski definition) is 0. The molecule has 0 N–H and O–H groups in total. The number of carbonyl (C=O) groups excluding carboxylic acids is 10. The Labute approximate surface area is 854 Å². The normalized spacial score (nSPS) is 11.1. The molecule has 0 aliphatic carbocycles. The monoisotopic (exact) mass is 2040 g/mol. The van der Waals surface area contributed by atoms with Gasteiger partial charge in [-0.15, -0.1) is 0 Å². The van der Waals surface area contributed by atoms with E-state index in [4.69, 9.17) is 19.4 Å². The Morgan fingerprint density at radius 3 is 0.673 bits per heavy atom. The van der Waals surface area contributed by atoms with Crippen LogP contribution in [-0.4, -0.2) is 106 Å². The second-order valence-corrected chi connectivity index (χ2v) is 36.2. The van der Waals surface area contributed by atoms with Gasteiger partial charge in [0.05, 0.1) is 24.6 Å². The molecule has 0 aliphatic rings. The lowest BCUT2D eigenvalue weighted by atomic mass is 9.97. The molecule has 0 amide bonds. The zero-order chi connectivity index (χ0) is 106. The molecule has 734 valence electrons. The smallest absolute Gasteiger partial charge is 0.318 e. The molecular formula is C110H81N9O24S4. The zero-order valence-corrected chi connectivity index (χ0v) is 82.1. The van der Waals surface area contributed by atoms with Crippen molar-refractivity contribution in [2.24, 2.45) is 20.6 Å². The first-order valence-corrected chi connectivity index (χ1v) is 47.2. The van der Waals surface area contributed by atoms with Crippen molar-refractivity contribution in [2.75, 3.05) is 0 Å². The fourth-order valence-electron chi connectivity index (χ4n) is 13.9. The van der Waals surface area contributed by atoms with E-state index in [1.165, 1.54) is 127 Å². The lowest BCUT2D eigenvalue weighted by Gasteiger charge is -2.09. The highest BCUT2D eigenvalue weighted by Crippen LogP contribution is 2.36. The number of oxime groups is 4. The summed E-state index contributed by atoms with van der Waals surface area (Å²) in [7, 11) is 0. The van der Waals surface area contributed by atoms with Crippen LogP contribution in [0.1, 0.15) is 145 Å². The minimum absolute atomic E-state index is 0.00794. The number of carbonyl (C=O) groups is 10. The number of ketones is 6. The van der Waals surface area contributed by atoms with Crippen LogP contribution in [-0.2, 0) is 38.5 Å². The average molecular weight is 2040 g/mol. The second-order valence-electron chi connectivity index (χ2n) is 31.6. The van der Waals surface area contributed by atoms with Gasteiger partial charge in [0.15, 0.2) is 34.4 Å². The Kier molecular flexibility index (Phi) is 37.1. The minimum atomic E-state index is -0.722. The molecule has 0 aliphatic heterocycles. The Bertz CT molecular complexity index is 7770. The van der Waals surface area contributed by atoms with Gasteiger partial charge in [-0.2, -0.15) is 0 Å². The van der Waals surface area contributed by atoms with Gasteiger partial charge >= 0.3 is 23.9 Å². The van der Waals surface area contributed by atoms with Gasteiger partial charge in [0.25, 0.3) is 28.4 Å². The first kappa shape index (κ1) is 107. The summed E-state index contributed by atoms with van der Waals surface area (Å²) >= 11 is 5.85. The van der Waals surface area contributed by atoms with Crippen molar-refractivity contribution in [3.63, 3.8) is 0 Å². The number of Topliss-reactive ketones (excluding diaryl/α,β-unsaturated/α-hetero) is 4. The number of hydrogen-bond acceptors (Lipinski definition) is 32. The predicted molar refractivity (Wildman–Crippen MR) is 554 cm³/mol. The van der Waals surface area contributed by atoms with Gasteiger partial charge in [-0.3, -0.25) is 79.3 Å². The van der Waals surface area contributed by atoms with Crippen LogP contribution in [0.4, 0.5) is 28.4 Å². The van der Waals surface area contributed by atoms with E-state index in [1.54, 1.807) is 173 Å². The van der Waals surface area contributed by atoms with Crippen LogP contribution in [0.15, 0.2) is 406 Å². The van der Waals surface area contributed by atoms with Crippen molar-refractivity contribution in [1.82, 2.24) is 0 Å². The standard InChI is InChI=1S/C34H24N2O6S.C30H22N2O6S.C23H17N3O7S.C23H18N2O5S/c1-21-19-28(36(40)41)13-18-31(21)32(35-42-22(2)37)34(39)25-11-16-30(17-12-25)43-29-14-9-24(10-15-29)33(38)27-8-7-23-5-3-4-6-26(23)20-27;1-19-18-24(32(36)37)12-17-27(19)28(31-38-20(2)33)30(35)23-10-15-26(16-11-23)39-25-13-8-22(9-14-25)29(34)21-6-4-3-5-7-21;1-14-13-18(26(31)32)7-12-21(14)22(24-33-15(2)27)23(28)16-3-8-19(9-4-16)34-20-10-5-17(6-11-20)25(29)30;1-15-14-18(25(28)29)10-13-21(15)22(24-30-16(2)26)23(27)17-8-11-20(12-9-17)31-19-6-4-3-5-7-19/h3-20H,1-2H3;3-18H,1-2H3;3-13H,1-2H3;3-14H,1-2H3/b35-32+;31-28+;2*24-22+. The molecule has 0 fully saturated rings. The summed E-state index contributed by atoms with van der Waals surface area (Å²) < 4.78 is 0. The maximum Gasteiger partial charge on any atom is 0.332 e. The molecular weight excluding hydrogens is 1960 g/mol. The summed E-state index contributed by atoms with van der Waals surface area (Å²) in [6.45, 7) is 11.1. The Hall–Kier alpha value is -18.5. The molecule has 15 rings (SSSR count). The molecule has 0 spiro atoms. The van der Waals surface area contributed by atoms with Crippen LogP contribution in [0.3, 0.4) is 0 Å². The minimum Gasteiger partial charge on any atom is -0.318 e. The summed E-state index contributed by atoms with van der Waals surface area (Å²) in [5.41, 5.74) is 5.56. The molecule has 15 aromatic rings. The second kappa shape index (κ2) is 50.8. The van der Waals surface area contributed by atoms with E-state index in [0.29, 0.717) is 83.5 Å². The maximum absolute atomic E-state index is 13.4. The molecule has 37 heteroatoms. The summed E-state index contributed by atoms with van der Waals surface area (Å²) in [6.07, 6.45) is 0. The summed E-state index contributed by atoms with van der Waals surface area (Å²) in [6, 6.07) is 96.2. The molecule has 0 bridgehead atoms. The molecule has 0 saturated carbocycles. The molecule has 0 unspecified atom stereocenters. The van der Waals surface area contributed by atoms with Crippen molar-refractivity contribution in [2.45, 2.75) is 94.6 Å². The Morgan fingerprint density at radius 2 is 0.422 bits per heavy atom. The van der Waals surface area contributed by atoms with E-state index in [2.05, 4.69) is 20.6 Å². The molecule has 147 heavy (non-hydrogen) atoms. The largest absolute Gasteiger partial charge is 0.332 e. The Balaban J connectivity index is 0.000000175. The number of nitro benzene ring substituents is 5. The first-order chi connectivity index (χ1) is 70.4. The first-order valence-electron chi connectivity index (χ1n) is 43.9. The van der Waals surface area contributed by atoms with Gasteiger partial charge in [-0.05, 0) is 261 Å². The number of benzene rings is 15. The van der Waals surface area contributed by atoms with Crippen molar-refractivity contribution >= 4 is 168 Å². The molecule has 0 aromatic heterocycles. The van der Waals surface area contributed by atoms with Crippen molar-refractivity contribution in [3.8, 4) is 0 Å². The number of nitro groups is 5. The van der Waals surface area contributed by atoms with E-state index >= 15 is 0 Å². The SMILES string of the molecule is CC(=O)O/N=C(/C(=O)c1ccc(Sc2ccc(C(=O)c3ccc4ccccc4c3)cc2)cc1)c1ccc([N+](=O)[O-])cc1C.CC(=O)O/N=C(/C(=O)c1ccc(Sc2ccc(C(=O)c3ccccc3)cc2)cc1)c1ccc([N+](=O)[O-])cc1C.CC(=O)O/N=C(/C(=O)c1ccc(Sc2ccc([N+](=O)[O-])cc2)cc1)c1ccc([N+](=O)[O-])cc1C.CC(=O)O/N=C(/C(=O)c1ccc(Sc2ccccc2)cc1)c1ccc([N+](=O)[O-])cc1C. The number of fused-ring (bicyclic) bond motifs is 1. The third-order valence-electron chi connectivity index (χ3n) is 21.1. The van der Waals surface area contributed by atoms with Gasteiger partial charge in [-0.1, -0.05) is 153 Å². The predicted octanol–water partition coefficient (Wildman–Crippen LogP) is 24.3. The fourth-order valence-corrected chi connectivity index (χ4v) is 17.2. The van der Waals surface area contributed by atoms with Crippen LogP contribution in [0.25, 0.3) is 10.8 Å². The van der Waals surface area contributed by atoms with Crippen LogP contribution < -0.4 is 0 Å². The molecule has 0 heterocycles. The Morgan fingerprint density at radius 1 is 0.218 bits per heavy atom. The third-order valence-corrected chi connectivity index (χ3v) is 25.2. The molecule has 0 radical (unpaired) electrons. The topological polar surface area (TPSA) is 473 Å². The van der Waals surface area contributed by atoms with E-state index in [0.717, 1.165) is 70.7 Å². The highest BCUT2D eigenvalue weighted by Gasteiger charge is 2.28. The third kappa shape index (κ3) is 29.8. The van der Waals surface area contributed by atoms with E-state index in [1.807, 2.05) is 127 Å². The van der Waals surface area contributed by atoms with Crippen molar-refractivity contribution in [1.29, 1.82) is 0 Å². The number of rotatable bonds is 33. The van der Waals surface area contributed by atoms with Crippen LogP contribution in [0, 0.1) is 78.3 Å². The van der Waals surface area contributed by atoms with Crippen LogP contribution >= 0.6 is 47.0 Å². The number of nitrogens with zero attached hydrogens (tertiary/aromatic N) is 9. The quantitative estimate of drug-likeness (QED) is 0.0121. The zero-order valence-electron chi connectivity index (χ0n) is 78.9. The molecule has 15 aromatic carbocycles. The van der Waals surface area contributed by atoms with E-state index < -0.39 is 71.6 Å². The van der Waals surface area contributed by atoms with Crippen molar-refractivity contribution in [3.05, 3.63) is 485 Å². The molecule has 0 saturated heterocycles. The summed E-state index contributed by atoms with van der Waals surface area (Å²) in [5, 5.41) is 72.1. The van der Waals surface area contributed by atoms with Crippen LogP contribution in [0.5, 0.6) is 0 Å². The van der Waals surface area contributed by atoms with Crippen molar-refractivity contribution < 1.29 is 91.9 Å². The fraction of sp³-hybridized carbons (Fsp3) is 0.0727. The van der Waals surface area contributed by atoms with E-state index in [-0.39, 0.29) is 68.4 Å². The van der Waals surface area contributed by atoms with Gasteiger partial charge < -0.3 is 19.4 Å². The summed E-state index contributed by atoms with van der Waals surface area (Å²) in [4.78, 5) is 203. The highest BCUT2D eigenvalue weighted by atomic mass is 32.2. The van der Waals surface area contributed by atoms with Gasteiger partial charge in [0.1, 0.15) is 0 Å². The van der Waals surface area contributed by atoms with Gasteiger partial charge in [0, 0.05) is 194 Å². The molecule has 0 atom stereocenters. The highest BCUT2D eigenvalue weighted by molar-refractivity contribution is 8.00. The lowest BCUT2D eigenvalue weighted by Crippen LogP contribution is -2.18. The lowest BCUT2D eigenvalue weighted by molar-refractivity contribution is -0.385. The number of non-ortho nitro benzene ring substituents is 5. The van der Waals surface area contributed by atoms with E-state index in [9.17, 15) is 98.5 Å². The molecule has 33 nitrogen and oxygen atoms in total.